The molecule has 22 heavy (non-hydrogen) atoms. The Morgan fingerprint density at radius 1 is 1.27 bits per heavy atom. The molecular weight excluding hydrogens is 368 g/mol. The molecule has 0 saturated heterocycles. The Balaban J connectivity index is 1.78. The number of hydrogen-bond acceptors (Lipinski definition) is 3. The van der Waals surface area contributed by atoms with E-state index in [1.165, 1.54) is 0 Å². The van der Waals surface area contributed by atoms with Crippen LogP contribution in [0.2, 0.25) is 5.02 Å². The minimum absolute atomic E-state index is 0.288. The van der Waals surface area contributed by atoms with Crippen molar-refractivity contribution in [3.8, 4) is 5.82 Å². The molecule has 0 spiro atoms. The first-order valence-corrected chi connectivity index (χ1v) is 7.51. The molecule has 1 amide bonds. The van der Waals surface area contributed by atoms with Crippen molar-refractivity contribution in [1.82, 2.24) is 14.5 Å². The van der Waals surface area contributed by atoms with Crippen LogP contribution in [0.1, 0.15) is 10.4 Å². The molecular formula is C15H10BrClN4O. The highest BCUT2D eigenvalue weighted by molar-refractivity contribution is 9.10. The molecule has 0 aliphatic rings. The summed E-state index contributed by atoms with van der Waals surface area (Å²) < 4.78 is 2.56. The summed E-state index contributed by atoms with van der Waals surface area (Å²) >= 11 is 9.36. The average molecular weight is 378 g/mol. The number of amides is 1. The summed E-state index contributed by atoms with van der Waals surface area (Å²) in [5.41, 5.74) is 0.986. The molecule has 0 fully saturated rings. The van der Waals surface area contributed by atoms with Crippen molar-refractivity contribution in [2.24, 2.45) is 0 Å². The number of benzene rings is 1. The van der Waals surface area contributed by atoms with Gasteiger partial charge in [-0.15, -0.1) is 0 Å². The van der Waals surface area contributed by atoms with E-state index in [0.717, 1.165) is 10.3 Å². The molecule has 2 heterocycles. The quantitative estimate of drug-likeness (QED) is 0.752. The SMILES string of the molecule is O=C(Nc1ccc(-n2ccnc2)nc1)c1cc(Br)ccc1Cl. The second-order valence-corrected chi connectivity index (χ2v) is 5.78. The summed E-state index contributed by atoms with van der Waals surface area (Å²) in [6.45, 7) is 0. The van der Waals surface area contributed by atoms with E-state index in [1.807, 2.05) is 0 Å². The van der Waals surface area contributed by atoms with Crippen LogP contribution in [0.3, 0.4) is 0 Å². The van der Waals surface area contributed by atoms with E-state index in [4.69, 9.17) is 11.6 Å². The molecule has 0 aliphatic carbocycles. The Bertz CT molecular complexity index is 803. The molecule has 3 rings (SSSR count). The molecule has 7 heteroatoms. The highest BCUT2D eigenvalue weighted by atomic mass is 79.9. The highest BCUT2D eigenvalue weighted by Crippen LogP contribution is 2.22. The van der Waals surface area contributed by atoms with Gasteiger partial charge in [-0.3, -0.25) is 9.36 Å². The average Bonchev–Trinajstić information content (AvgIpc) is 3.05. The van der Waals surface area contributed by atoms with Crippen molar-refractivity contribution in [3.05, 3.63) is 70.3 Å². The summed E-state index contributed by atoms with van der Waals surface area (Å²) in [7, 11) is 0. The number of carbonyl (C=O) groups excluding carboxylic acids is 1. The van der Waals surface area contributed by atoms with Gasteiger partial charge in [0.25, 0.3) is 5.91 Å². The van der Waals surface area contributed by atoms with Gasteiger partial charge < -0.3 is 5.32 Å². The van der Waals surface area contributed by atoms with Crippen molar-refractivity contribution in [1.29, 1.82) is 0 Å². The second kappa shape index (κ2) is 6.29. The lowest BCUT2D eigenvalue weighted by molar-refractivity contribution is 0.102. The maximum absolute atomic E-state index is 12.2. The van der Waals surface area contributed by atoms with E-state index < -0.39 is 0 Å². The van der Waals surface area contributed by atoms with E-state index in [-0.39, 0.29) is 5.91 Å². The van der Waals surface area contributed by atoms with Gasteiger partial charge in [-0.25, -0.2) is 9.97 Å². The highest BCUT2D eigenvalue weighted by Gasteiger charge is 2.11. The Kier molecular flexibility index (Phi) is 4.22. The fourth-order valence-electron chi connectivity index (χ4n) is 1.88. The van der Waals surface area contributed by atoms with Crippen molar-refractivity contribution < 1.29 is 4.79 Å². The third kappa shape index (κ3) is 3.18. The van der Waals surface area contributed by atoms with Crippen LogP contribution in [0, 0.1) is 0 Å². The summed E-state index contributed by atoms with van der Waals surface area (Å²) in [4.78, 5) is 20.5. The number of aromatic nitrogens is 3. The predicted molar refractivity (Wildman–Crippen MR) is 88.5 cm³/mol. The first-order chi connectivity index (χ1) is 10.6. The molecule has 3 aromatic rings. The third-order valence-electron chi connectivity index (χ3n) is 2.95. The van der Waals surface area contributed by atoms with E-state index in [2.05, 4.69) is 31.2 Å². The van der Waals surface area contributed by atoms with Crippen molar-refractivity contribution >= 4 is 39.1 Å². The molecule has 0 saturated carbocycles. The molecule has 5 nitrogen and oxygen atoms in total. The Morgan fingerprint density at radius 2 is 2.14 bits per heavy atom. The molecule has 0 unspecified atom stereocenters. The van der Waals surface area contributed by atoms with Gasteiger partial charge in [-0.05, 0) is 30.3 Å². The van der Waals surface area contributed by atoms with E-state index in [9.17, 15) is 4.79 Å². The third-order valence-corrected chi connectivity index (χ3v) is 3.77. The van der Waals surface area contributed by atoms with Crippen LogP contribution in [-0.2, 0) is 0 Å². The first kappa shape index (κ1) is 14.7. The number of nitrogens with one attached hydrogen (secondary N) is 1. The van der Waals surface area contributed by atoms with Crippen LogP contribution in [0.15, 0.2) is 59.7 Å². The normalized spacial score (nSPS) is 10.5. The van der Waals surface area contributed by atoms with Crippen LogP contribution < -0.4 is 5.32 Å². The van der Waals surface area contributed by atoms with Gasteiger partial charge in [0.1, 0.15) is 12.1 Å². The molecule has 1 N–H and O–H groups in total. The van der Waals surface area contributed by atoms with E-state index in [1.54, 1.807) is 59.8 Å². The molecule has 1 aromatic carbocycles. The monoisotopic (exact) mass is 376 g/mol. The smallest absolute Gasteiger partial charge is 0.257 e. The number of nitrogens with zero attached hydrogens (tertiary/aromatic N) is 3. The molecule has 0 aliphatic heterocycles. The van der Waals surface area contributed by atoms with Crippen LogP contribution in [-0.4, -0.2) is 20.4 Å². The van der Waals surface area contributed by atoms with Gasteiger partial charge >= 0.3 is 0 Å². The first-order valence-electron chi connectivity index (χ1n) is 6.34. The number of pyridine rings is 1. The minimum Gasteiger partial charge on any atom is -0.321 e. The van der Waals surface area contributed by atoms with Gasteiger partial charge in [0, 0.05) is 16.9 Å². The summed E-state index contributed by atoms with van der Waals surface area (Å²) in [6.07, 6.45) is 6.70. The standard InChI is InChI=1S/C15H10BrClN4O/c16-10-1-3-13(17)12(7-10)15(22)20-11-2-4-14(19-8-11)21-6-5-18-9-21/h1-9H,(H,20,22). The van der Waals surface area contributed by atoms with E-state index >= 15 is 0 Å². The van der Waals surface area contributed by atoms with Crippen LogP contribution >= 0.6 is 27.5 Å². The zero-order valence-electron chi connectivity index (χ0n) is 11.2. The second-order valence-electron chi connectivity index (χ2n) is 4.45. The van der Waals surface area contributed by atoms with Crippen LogP contribution in [0.4, 0.5) is 5.69 Å². The number of rotatable bonds is 3. The van der Waals surface area contributed by atoms with Gasteiger partial charge in [-0.2, -0.15) is 0 Å². The number of imidazole rings is 1. The summed E-state index contributed by atoms with van der Waals surface area (Å²) in [5.74, 6) is 0.430. The lowest BCUT2D eigenvalue weighted by Crippen LogP contribution is -2.12. The van der Waals surface area contributed by atoms with Crippen molar-refractivity contribution in [2.75, 3.05) is 5.32 Å². The fourth-order valence-corrected chi connectivity index (χ4v) is 2.44. The maximum atomic E-state index is 12.2. The Hall–Kier alpha value is -2.18. The van der Waals surface area contributed by atoms with Gasteiger partial charge in [0.15, 0.2) is 0 Å². The fraction of sp³-hybridized carbons (Fsp3) is 0. The van der Waals surface area contributed by atoms with Gasteiger partial charge in [-0.1, -0.05) is 27.5 Å². The number of hydrogen-bond donors (Lipinski definition) is 1. The van der Waals surface area contributed by atoms with Gasteiger partial charge in [0.05, 0.1) is 22.5 Å². The minimum atomic E-state index is -0.288. The van der Waals surface area contributed by atoms with E-state index in [0.29, 0.717) is 16.3 Å². The Morgan fingerprint density at radius 3 is 2.82 bits per heavy atom. The van der Waals surface area contributed by atoms with Crippen LogP contribution in [0.25, 0.3) is 5.82 Å². The predicted octanol–water partition coefficient (Wildman–Crippen LogP) is 3.94. The zero-order chi connectivity index (χ0) is 15.5. The number of halogens is 2. The molecule has 0 radical (unpaired) electrons. The lowest BCUT2D eigenvalue weighted by Gasteiger charge is -2.08. The molecule has 110 valence electrons. The number of anilines is 1. The zero-order valence-corrected chi connectivity index (χ0v) is 13.5. The summed E-state index contributed by atoms with van der Waals surface area (Å²) in [5, 5.41) is 3.16. The molecule has 0 bridgehead atoms. The van der Waals surface area contributed by atoms with Crippen LogP contribution in [0.5, 0.6) is 0 Å². The largest absolute Gasteiger partial charge is 0.321 e. The maximum Gasteiger partial charge on any atom is 0.257 e. The Labute approximate surface area is 140 Å². The van der Waals surface area contributed by atoms with Crippen molar-refractivity contribution in [3.63, 3.8) is 0 Å². The molecule has 0 atom stereocenters. The summed E-state index contributed by atoms with van der Waals surface area (Å²) in [6, 6.07) is 8.68. The van der Waals surface area contributed by atoms with Gasteiger partial charge in [0.2, 0.25) is 0 Å². The topological polar surface area (TPSA) is 59.8 Å². The lowest BCUT2D eigenvalue weighted by atomic mass is 10.2. The number of carbonyl (C=O) groups is 1. The molecule has 2 aromatic heterocycles. The van der Waals surface area contributed by atoms with Crippen molar-refractivity contribution in [2.45, 2.75) is 0 Å².